The van der Waals surface area contributed by atoms with Crippen LogP contribution in [0, 0.1) is 9.94 Å². The SMILES string of the molecule is Cc1cccc(SCc2nsc(I)n2)c1. The summed E-state index contributed by atoms with van der Waals surface area (Å²) in [5, 5.41) is 0. The zero-order valence-electron chi connectivity index (χ0n) is 8.11. The summed E-state index contributed by atoms with van der Waals surface area (Å²) in [6, 6.07) is 8.49. The van der Waals surface area contributed by atoms with Gasteiger partial charge in [0, 0.05) is 4.90 Å². The maximum atomic E-state index is 4.32. The van der Waals surface area contributed by atoms with Crippen molar-refractivity contribution in [3.05, 3.63) is 38.7 Å². The van der Waals surface area contributed by atoms with Crippen LogP contribution >= 0.6 is 45.9 Å². The molecule has 0 N–H and O–H groups in total. The third kappa shape index (κ3) is 3.42. The Morgan fingerprint density at radius 3 is 3.00 bits per heavy atom. The van der Waals surface area contributed by atoms with Crippen molar-refractivity contribution in [3.63, 3.8) is 0 Å². The second-order valence-electron chi connectivity index (χ2n) is 3.07. The molecule has 78 valence electrons. The minimum atomic E-state index is 0.850. The Labute approximate surface area is 111 Å². The molecule has 15 heavy (non-hydrogen) atoms. The topological polar surface area (TPSA) is 25.8 Å². The Hall–Kier alpha value is -0.140. The predicted molar refractivity (Wildman–Crippen MR) is 73.4 cm³/mol. The van der Waals surface area contributed by atoms with Gasteiger partial charge in [-0.15, -0.1) is 11.8 Å². The van der Waals surface area contributed by atoms with Crippen molar-refractivity contribution in [1.82, 2.24) is 9.36 Å². The van der Waals surface area contributed by atoms with Crippen LogP contribution in [0.1, 0.15) is 11.4 Å². The number of halogens is 1. The summed E-state index contributed by atoms with van der Waals surface area (Å²) >= 11 is 5.43. The highest BCUT2D eigenvalue weighted by atomic mass is 127. The molecule has 0 aliphatic carbocycles. The molecular weight excluding hydrogens is 339 g/mol. The Morgan fingerprint density at radius 1 is 1.47 bits per heavy atom. The van der Waals surface area contributed by atoms with Crippen LogP contribution in [-0.4, -0.2) is 9.36 Å². The van der Waals surface area contributed by atoms with Crippen molar-refractivity contribution in [2.45, 2.75) is 17.6 Å². The second-order valence-corrected chi connectivity index (χ2v) is 6.62. The van der Waals surface area contributed by atoms with E-state index in [1.807, 2.05) is 0 Å². The molecule has 0 aliphatic heterocycles. The second kappa shape index (κ2) is 5.27. The summed E-state index contributed by atoms with van der Waals surface area (Å²) in [5.41, 5.74) is 1.29. The highest BCUT2D eigenvalue weighted by Gasteiger charge is 2.02. The summed E-state index contributed by atoms with van der Waals surface area (Å²) in [5.74, 6) is 1.78. The van der Waals surface area contributed by atoms with E-state index in [0.29, 0.717) is 0 Å². The smallest absolute Gasteiger partial charge is 0.174 e. The van der Waals surface area contributed by atoms with E-state index in [9.17, 15) is 0 Å². The highest BCUT2D eigenvalue weighted by Crippen LogP contribution is 2.23. The lowest BCUT2D eigenvalue weighted by molar-refractivity contribution is 1.12. The van der Waals surface area contributed by atoms with Crippen LogP contribution in [0.5, 0.6) is 0 Å². The fourth-order valence-corrected chi connectivity index (χ4v) is 3.10. The molecule has 0 bridgehead atoms. The molecule has 0 spiro atoms. The van der Waals surface area contributed by atoms with Gasteiger partial charge in [-0.1, -0.05) is 17.7 Å². The quantitative estimate of drug-likeness (QED) is 0.624. The average Bonchev–Trinajstić information content (AvgIpc) is 2.62. The van der Waals surface area contributed by atoms with E-state index in [0.717, 1.165) is 14.6 Å². The normalized spacial score (nSPS) is 10.5. The van der Waals surface area contributed by atoms with Crippen LogP contribution in [0.15, 0.2) is 29.2 Å². The monoisotopic (exact) mass is 348 g/mol. The molecular formula is C10H9IN2S2. The summed E-state index contributed by atoms with van der Waals surface area (Å²) < 4.78 is 5.26. The van der Waals surface area contributed by atoms with Gasteiger partial charge in [0.2, 0.25) is 0 Å². The summed E-state index contributed by atoms with van der Waals surface area (Å²) in [6.45, 7) is 2.11. The zero-order valence-corrected chi connectivity index (χ0v) is 11.9. The highest BCUT2D eigenvalue weighted by molar-refractivity contribution is 14.1. The first-order valence-corrected chi connectivity index (χ1v) is 7.25. The predicted octanol–water partition coefficient (Wildman–Crippen LogP) is 3.74. The van der Waals surface area contributed by atoms with Gasteiger partial charge < -0.3 is 0 Å². The van der Waals surface area contributed by atoms with Crippen molar-refractivity contribution in [2.75, 3.05) is 0 Å². The van der Waals surface area contributed by atoms with E-state index in [2.05, 4.69) is 63.1 Å². The summed E-state index contributed by atoms with van der Waals surface area (Å²) in [6.07, 6.45) is 0. The molecule has 0 saturated carbocycles. The Bertz CT molecular complexity index is 456. The Kier molecular flexibility index (Phi) is 3.99. The third-order valence-electron chi connectivity index (χ3n) is 1.80. The molecule has 0 amide bonds. The van der Waals surface area contributed by atoms with Crippen LogP contribution < -0.4 is 0 Å². The van der Waals surface area contributed by atoms with Crippen molar-refractivity contribution in [1.29, 1.82) is 0 Å². The molecule has 0 radical (unpaired) electrons. The summed E-state index contributed by atoms with van der Waals surface area (Å²) in [7, 11) is 0. The first-order valence-electron chi connectivity index (χ1n) is 4.41. The van der Waals surface area contributed by atoms with Gasteiger partial charge in [0.05, 0.1) is 5.75 Å². The Morgan fingerprint density at radius 2 is 2.33 bits per heavy atom. The van der Waals surface area contributed by atoms with Crippen molar-refractivity contribution >= 4 is 45.9 Å². The number of thioether (sulfide) groups is 1. The minimum Gasteiger partial charge on any atom is -0.213 e. The molecule has 1 heterocycles. The van der Waals surface area contributed by atoms with Crippen LogP contribution in [0.3, 0.4) is 0 Å². The first kappa shape index (κ1) is 11.3. The van der Waals surface area contributed by atoms with Gasteiger partial charge in [0.1, 0.15) is 0 Å². The molecule has 0 saturated heterocycles. The maximum absolute atomic E-state index is 4.32. The third-order valence-corrected chi connectivity index (χ3v) is 4.17. The molecule has 5 heteroatoms. The first-order chi connectivity index (χ1) is 7.24. The molecule has 2 rings (SSSR count). The van der Waals surface area contributed by atoms with E-state index in [-0.39, 0.29) is 0 Å². The molecule has 2 nitrogen and oxygen atoms in total. The molecule has 0 atom stereocenters. The van der Waals surface area contributed by atoms with Gasteiger partial charge >= 0.3 is 0 Å². The number of aryl methyl sites for hydroxylation is 1. The lowest BCUT2D eigenvalue weighted by atomic mass is 10.2. The van der Waals surface area contributed by atoms with Gasteiger partial charge in [-0.25, -0.2) is 4.98 Å². The van der Waals surface area contributed by atoms with Gasteiger partial charge in [0.25, 0.3) is 0 Å². The van der Waals surface area contributed by atoms with E-state index in [1.165, 1.54) is 22.0 Å². The largest absolute Gasteiger partial charge is 0.213 e. The fraction of sp³-hybridized carbons (Fsp3) is 0.200. The number of benzene rings is 1. The van der Waals surface area contributed by atoms with E-state index in [4.69, 9.17) is 0 Å². The van der Waals surface area contributed by atoms with Gasteiger partial charge in [-0.3, -0.25) is 0 Å². The number of hydrogen-bond acceptors (Lipinski definition) is 4. The molecule has 1 aromatic carbocycles. The molecule has 0 aliphatic rings. The van der Waals surface area contributed by atoms with Crippen LogP contribution in [0.4, 0.5) is 0 Å². The van der Waals surface area contributed by atoms with Gasteiger partial charge in [-0.2, -0.15) is 4.37 Å². The molecule has 0 unspecified atom stereocenters. The molecule has 2 aromatic rings. The van der Waals surface area contributed by atoms with Crippen LogP contribution in [0.25, 0.3) is 0 Å². The maximum Gasteiger partial charge on any atom is 0.174 e. The van der Waals surface area contributed by atoms with Gasteiger partial charge in [0.15, 0.2) is 8.84 Å². The Balaban J connectivity index is 1.99. The number of rotatable bonds is 3. The van der Waals surface area contributed by atoms with Gasteiger partial charge in [-0.05, 0) is 53.2 Å². The lowest BCUT2D eigenvalue weighted by Crippen LogP contribution is -1.83. The van der Waals surface area contributed by atoms with E-state index in [1.54, 1.807) is 11.8 Å². The fourth-order valence-electron chi connectivity index (χ4n) is 1.14. The van der Waals surface area contributed by atoms with Crippen molar-refractivity contribution in [2.24, 2.45) is 0 Å². The minimum absolute atomic E-state index is 0.850. The van der Waals surface area contributed by atoms with Crippen molar-refractivity contribution < 1.29 is 0 Å². The van der Waals surface area contributed by atoms with Crippen LogP contribution in [0.2, 0.25) is 0 Å². The summed E-state index contributed by atoms with van der Waals surface area (Å²) in [4.78, 5) is 5.60. The standard InChI is InChI=1S/C10H9IN2S2/c1-7-3-2-4-8(5-7)14-6-9-12-10(11)15-13-9/h2-5H,6H2,1H3. The van der Waals surface area contributed by atoms with E-state index >= 15 is 0 Å². The van der Waals surface area contributed by atoms with Crippen LogP contribution in [-0.2, 0) is 5.75 Å². The average molecular weight is 348 g/mol. The number of aromatic nitrogens is 2. The zero-order chi connectivity index (χ0) is 10.7. The van der Waals surface area contributed by atoms with Crippen molar-refractivity contribution in [3.8, 4) is 0 Å². The molecule has 0 fully saturated rings. The van der Waals surface area contributed by atoms with E-state index < -0.39 is 0 Å². The number of hydrogen-bond donors (Lipinski definition) is 0. The molecule has 1 aromatic heterocycles. The lowest BCUT2D eigenvalue weighted by Gasteiger charge is -1.99. The number of nitrogens with zero attached hydrogens (tertiary/aromatic N) is 2.